The average molecular weight is 545 g/mol. The minimum atomic E-state index is -1.00. The molecule has 4 aromatic rings. The van der Waals surface area contributed by atoms with Crippen LogP contribution in [0.25, 0.3) is 11.1 Å². The molecule has 10 heteroatoms. The van der Waals surface area contributed by atoms with Crippen LogP contribution in [0.15, 0.2) is 78.0 Å². The van der Waals surface area contributed by atoms with Crippen molar-refractivity contribution in [2.75, 3.05) is 7.11 Å². The van der Waals surface area contributed by atoms with Crippen molar-refractivity contribution in [3.05, 3.63) is 117 Å². The number of pyridine rings is 2. The van der Waals surface area contributed by atoms with E-state index in [1.165, 1.54) is 36.1 Å². The minimum absolute atomic E-state index is 0.123. The summed E-state index contributed by atoms with van der Waals surface area (Å²) in [6.07, 6.45) is 4.49. The normalized spacial score (nSPS) is 11.4. The van der Waals surface area contributed by atoms with Crippen molar-refractivity contribution >= 4 is 23.3 Å². The average Bonchev–Trinajstić information content (AvgIpc) is 2.92. The van der Waals surface area contributed by atoms with E-state index < -0.39 is 23.3 Å². The van der Waals surface area contributed by atoms with Gasteiger partial charge >= 0.3 is 0 Å². The van der Waals surface area contributed by atoms with Gasteiger partial charge in [-0.25, -0.2) is 4.39 Å². The quantitative estimate of drug-likeness (QED) is 0.335. The molecular weight excluding hydrogens is 523 g/mol. The zero-order valence-corrected chi connectivity index (χ0v) is 21.5. The predicted molar refractivity (Wildman–Crippen MR) is 143 cm³/mol. The van der Waals surface area contributed by atoms with Crippen molar-refractivity contribution < 1.29 is 18.7 Å². The highest BCUT2D eigenvalue weighted by atomic mass is 35.5. The Morgan fingerprint density at radius 3 is 2.59 bits per heavy atom. The molecule has 0 aliphatic rings. The second-order valence-electron chi connectivity index (χ2n) is 8.71. The van der Waals surface area contributed by atoms with Gasteiger partial charge in [0.1, 0.15) is 11.6 Å². The van der Waals surface area contributed by atoms with E-state index in [2.05, 4.69) is 11.1 Å². The van der Waals surface area contributed by atoms with Gasteiger partial charge in [-0.2, -0.15) is 5.26 Å². The van der Waals surface area contributed by atoms with Crippen LogP contribution in [0.1, 0.15) is 33.1 Å². The van der Waals surface area contributed by atoms with E-state index in [0.717, 1.165) is 6.07 Å². The number of ether oxygens (including phenoxy) is 1. The van der Waals surface area contributed by atoms with E-state index in [1.807, 2.05) is 0 Å². The van der Waals surface area contributed by atoms with Crippen LogP contribution in [0, 0.1) is 17.1 Å². The third-order valence-electron chi connectivity index (χ3n) is 6.19. The lowest BCUT2D eigenvalue weighted by molar-refractivity contribution is -0.121. The summed E-state index contributed by atoms with van der Waals surface area (Å²) in [6.45, 7) is 0. The number of carbonyl (C=O) groups excluding carboxylic acids is 2. The van der Waals surface area contributed by atoms with Crippen molar-refractivity contribution in [2.24, 2.45) is 5.73 Å². The summed E-state index contributed by atoms with van der Waals surface area (Å²) in [5, 5.41) is 9.94. The first-order valence-corrected chi connectivity index (χ1v) is 12.1. The molecule has 8 nitrogen and oxygen atoms in total. The minimum Gasteiger partial charge on any atom is -0.495 e. The summed E-state index contributed by atoms with van der Waals surface area (Å²) >= 11 is 6.15. The van der Waals surface area contributed by atoms with E-state index in [0.29, 0.717) is 32.8 Å². The molecule has 39 heavy (non-hydrogen) atoms. The molecule has 2 aromatic heterocycles. The molecule has 1 unspecified atom stereocenters. The molecule has 0 spiro atoms. The highest BCUT2D eigenvalue weighted by molar-refractivity contribution is 6.31. The molecule has 2 heterocycles. The van der Waals surface area contributed by atoms with Gasteiger partial charge in [0.25, 0.3) is 11.5 Å². The van der Waals surface area contributed by atoms with Gasteiger partial charge in [-0.05, 0) is 47.5 Å². The van der Waals surface area contributed by atoms with Gasteiger partial charge in [0, 0.05) is 47.5 Å². The van der Waals surface area contributed by atoms with Gasteiger partial charge in [-0.3, -0.25) is 19.4 Å². The molecule has 0 radical (unpaired) electrons. The number of nitrogens with zero attached hydrogens (tertiary/aromatic N) is 3. The van der Waals surface area contributed by atoms with E-state index in [9.17, 15) is 24.0 Å². The molecule has 2 N–H and O–H groups in total. The Kier molecular flexibility index (Phi) is 8.18. The van der Waals surface area contributed by atoms with Crippen molar-refractivity contribution in [2.45, 2.75) is 18.9 Å². The molecule has 2 aromatic carbocycles. The maximum atomic E-state index is 14.4. The Labute approximate surface area is 228 Å². The molecule has 1 amide bonds. The molecule has 0 saturated heterocycles. The number of rotatable bonds is 9. The van der Waals surface area contributed by atoms with Crippen LogP contribution in [0.5, 0.6) is 5.75 Å². The van der Waals surface area contributed by atoms with Gasteiger partial charge in [-0.15, -0.1) is 0 Å². The Balaban J connectivity index is 1.79. The Bertz CT molecular complexity index is 1660. The zero-order valence-electron chi connectivity index (χ0n) is 20.7. The highest BCUT2D eigenvalue weighted by Crippen LogP contribution is 2.33. The van der Waals surface area contributed by atoms with Gasteiger partial charge in [0.15, 0.2) is 5.78 Å². The molecule has 0 saturated carbocycles. The lowest BCUT2D eigenvalue weighted by Crippen LogP contribution is -2.32. The number of nitriles is 1. The van der Waals surface area contributed by atoms with Crippen LogP contribution >= 0.6 is 11.6 Å². The van der Waals surface area contributed by atoms with E-state index >= 15 is 0 Å². The van der Waals surface area contributed by atoms with Crippen LogP contribution in [0.2, 0.25) is 5.02 Å². The standard InChI is InChI=1S/C29H22ClFN4O4/c1-39-27-16-35(28(37)13-23(27)22-12-20(30)6-5-19(22)14-32)25(10-18-3-2-8-34-15-18)26(36)11-17-4-7-21(29(33)38)24(31)9-17/h2-9,12-13,15-16,25H,10-11H2,1H3,(H2,33,38). The van der Waals surface area contributed by atoms with Gasteiger partial charge in [-0.1, -0.05) is 23.7 Å². The number of primary amides is 1. The highest BCUT2D eigenvalue weighted by Gasteiger charge is 2.25. The molecule has 0 bridgehead atoms. The third-order valence-corrected chi connectivity index (χ3v) is 6.43. The number of aromatic nitrogens is 2. The predicted octanol–water partition coefficient (Wildman–Crippen LogP) is 4.28. The summed E-state index contributed by atoms with van der Waals surface area (Å²) in [5.74, 6) is -1.90. The molecular formula is C29H22ClFN4O4. The fraction of sp³-hybridized carbons (Fsp3) is 0.138. The maximum absolute atomic E-state index is 14.4. The van der Waals surface area contributed by atoms with Crippen LogP contribution in [-0.4, -0.2) is 28.4 Å². The van der Waals surface area contributed by atoms with Gasteiger partial charge in [0.05, 0.1) is 36.5 Å². The number of benzene rings is 2. The second kappa shape index (κ2) is 11.7. The van der Waals surface area contributed by atoms with Gasteiger partial charge < -0.3 is 15.0 Å². The number of amides is 1. The number of methoxy groups -OCH3 is 1. The first-order valence-electron chi connectivity index (χ1n) is 11.7. The third kappa shape index (κ3) is 6.03. The lowest BCUT2D eigenvalue weighted by atomic mass is 9.96. The molecule has 4 rings (SSSR count). The number of ketones is 1. The number of carbonyl (C=O) groups is 2. The number of nitrogens with two attached hydrogens (primary N) is 1. The van der Waals surface area contributed by atoms with Crippen LogP contribution in [0.3, 0.4) is 0 Å². The van der Waals surface area contributed by atoms with Crippen LogP contribution in [0.4, 0.5) is 4.39 Å². The first kappa shape index (κ1) is 27.2. The zero-order chi connectivity index (χ0) is 28.1. The number of Topliss-reactive ketones (excluding diaryl/α,β-unsaturated/α-hetero) is 1. The summed E-state index contributed by atoms with van der Waals surface area (Å²) < 4.78 is 21.2. The molecule has 0 fully saturated rings. The Hall–Kier alpha value is -4.81. The molecule has 0 aliphatic carbocycles. The number of hydrogen-bond acceptors (Lipinski definition) is 6. The fourth-order valence-corrected chi connectivity index (χ4v) is 4.45. The summed E-state index contributed by atoms with van der Waals surface area (Å²) in [5.41, 5.74) is 6.42. The van der Waals surface area contributed by atoms with Crippen molar-refractivity contribution in [1.82, 2.24) is 9.55 Å². The van der Waals surface area contributed by atoms with Crippen molar-refractivity contribution in [3.8, 4) is 22.9 Å². The van der Waals surface area contributed by atoms with Crippen LogP contribution in [-0.2, 0) is 17.6 Å². The summed E-state index contributed by atoms with van der Waals surface area (Å²) in [4.78, 5) is 42.5. The van der Waals surface area contributed by atoms with E-state index in [-0.39, 0.29) is 29.9 Å². The Morgan fingerprint density at radius 1 is 1.15 bits per heavy atom. The Morgan fingerprint density at radius 2 is 1.95 bits per heavy atom. The lowest BCUT2D eigenvalue weighted by Gasteiger charge is -2.21. The SMILES string of the molecule is COc1cn(C(Cc2cccnc2)C(=O)Cc2ccc(C(N)=O)c(F)c2)c(=O)cc1-c1cc(Cl)ccc1C#N. The molecule has 196 valence electrons. The van der Waals surface area contributed by atoms with Crippen molar-refractivity contribution in [1.29, 1.82) is 5.26 Å². The largest absolute Gasteiger partial charge is 0.495 e. The second-order valence-corrected chi connectivity index (χ2v) is 9.14. The number of halogens is 2. The van der Waals surface area contributed by atoms with E-state index in [1.54, 1.807) is 42.7 Å². The number of hydrogen-bond donors (Lipinski definition) is 1. The molecule has 1 atom stereocenters. The monoisotopic (exact) mass is 544 g/mol. The maximum Gasteiger partial charge on any atom is 0.252 e. The van der Waals surface area contributed by atoms with Gasteiger partial charge in [0.2, 0.25) is 0 Å². The smallest absolute Gasteiger partial charge is 0.252 e. The topological polar surface area (TPSA) is 128 Å². The summed E-state index contributed by atoms with van der Waals surface area (Å²) in [6, 6.07) is 14.3. The molecule has 0 aliphatic heterocycles. The van der Waals surface area contributed by atoms with Crippen molar-refractivity contribution in [3.63, 3.8) is 0 Å². The first-order chi connectivity index (χ1) is 18.7. The fourth-order valence-electron chi connectivity index (χ4n) is 4.28. The summed E-state index contributed by atoms with van der Waals surface area (Å²) in [7, 11) is 1.41. The van der Waals surface area contributed by atoms with Crippen LogP contribution < -0.4 is 16.0 Å². The van der Waals surface area contributed by atoms with E-state index in [4.69, 9.17) is 22.1 Å².